The summed E-state index contributed by atoms with van der Waals surface area (Å²) in [5, 5.41) is 3.39. The van der Waals surface area contributed by atoms with Gasteiger partial charge in [-0.3, -0.25) is 4.99 Å². The van der Waals surface area contributed by atoms with Gasteiger partial charge in [0.2, 0.25) is 0 Å². The molecule has 0 spiro atoms. The standard InChI is InChI=1S/C20H33N3O2/c1-4-12-25-19-8-6-7-17(14-19)9-11-22-20(21-5-2)23(3)15-18-10-13-24-16-18/h6-8,14,18H,4-5,9-13,15-16H2,1-3H3,(H,21,22). The van der Waals surface area contributed by atoms with Crippen molar-refractivity contribution in [2.24, 2.45) is 10.9 Å². The van der Waals surface area contributed by atoms with E-state index in [0.717, 1.165) is 70.4 Å². The number of aliphatic imine (C=N–C) groups is 1. The first-order valence-corrected chi connectivity index (χ1v) is 9.51. The van der Waals surface area contributed by atoms with Gasteiger partial charge in [0.1, 0.15) is 5.75 Å². The maximum Gasteiger partial charge on any atom is 0.193 e. The van der Waals surface area contributed by atoms with E-state index in [0.29, 0.717) is 5.92 Å². The Balaban J connectivity index is 1.87. The number of rotatable bonds is 9. The molecular formula is C20H33N3O2. The fourth-order valence-corrected chi connectivity index (χ4v) is 2.97. The van der Waals surface area contributed by atoms with Gasteiger partial charge in [-0.05, 0) is 43.9 Å². The third-order valence-corrected chi connectivity index (χ3v) is 4.29. The summed E-state index contributed by atoms with van der Waals surface area (Å²) in [7, 11) is 2.11. The molecule has 0 saturated carbocycles. The first kappa shape index (κ1) is 19.6. The van der Waals surface area contributed by atoms with E-state index in [-0.39, 0.29) is 0 Å². The predicted molar refractivity (Wildman–Crippen MR) is 103 cm³/mol. The molecule has 1 heterocycles. The Labute approximate surface area is 152 Å². The Hall–Kier alpha value is -1.75. The van der Waals surface area contributed by atoms with E-state index < -0.39 is 0 Å². The zero-order valence-electron chi connectivity index (χ0n) is 16.0. The second kappa shape index (κ2) is 11.0. The van der Waals surface area contributed by atoms with Gasteiger partial charge in [-0.15, -0.1) is 0 Å². The highest BCUT2D eigenvalue weighted by atomic mass is 16.5. The first-order chi connectivity index (χ1) is 12.2. The highest BCUT2D eigenvalue weighted by Gasteiger charge is 2.18. The van der Waals surface area contributed by atoms with Crippen molar-refractivity contribution >= 4 is 5.96 Å². The van der Waals surface area contributed by atoms with Crippen molar-refractivity contribution in [3.05, 3.63) is 29.8 Å². The minimum Gasteiger partial charge on any atom is -0.494 e. The van der Waals surface area contributed by atoms with Crippen molar-refractivity contribution in [2.45, 2.75) is 33.1 Å². The number of ether oxygens (including phenoxy) is 2. The number of nitrogens with one attached hydrogen (secondary N) is 1. The summed E-state index contributed by atoms with van der Waals surface area (Å²) in [5.74, 6) is 2.54. The lowest BCUT2D eigenvalue weighted by molar-refractivity contribution is 0.181. The summed E-state index contributed by atoms with van der Waals surface area (Å²) in [6.45, 7) is 9.40. The van der Waals surface area contributed by atoms with E-state index in [1.165, 1.54) is 5.56 Å². The van der Waals surface area contributed by atoms with Crippen LogP contribution in [0.4, 0.5) is 0 Å². The van der Waals surface area contributed by atoms with Crippen LogP contribution in [0.2, 0.25) is 0 Å². The van der Waals surface area contributed by atoms with Crippen LogP contribution < -0.4 is 10.1 Å². The molecule has 1 aromatic carbocycles. The summed E-state index contributed by atoms with van der Waals surface area (Å²) in [6.07, 6.45) is 3.09. The molecule has 140 valence electrons. The second-order valence-electron chi connectivity index (χ2n) is 6.59. The van der Waals surface area contributed by atoms with Crippen molar-refractivity contribution in [1.29, 1.82) is 0 Å². The van der Waals surface area contributed by atoms with Gasteiger partial charge < -0.3 is 19.7 Å². The summed E-state index contributed by atoms with van der Waals surface area (Å²) in [4.78, 5) is 7.02. The number of benzene rings is 1. The molecule has 1 saturated heterocycles. The summed E-state index contributed by atoms with van der Waals surface area (Å²) < 4.78 is 11.2. The van der Waals surface area contributed by atoms with Crippen molar-refractivity contribution < 1.29 is 9.47 Å². The van der Waals surface area contributed by atoms with Crippen molar-refractivity contribution in [3.8, 4) is 5.75 Å². The summed E-state index contributed by atoms with van der Waals surface area (Å²) in [6, 6.07) is 8.34. The van der Waals surface area contributed by atoms with E-state index in [9.17, 15) is 0 Å². The van der Waals surface area contributed by atoms with E-state index in [1.807, 2.05) is 6.07 Å². The number of guanidine groups is 1. The first-order valence-electron chi connectivity index (χ1n) is 9.51. The summed E-state index contributed by atoms with van der Waals surface area (Å²) in [5.41, 5.74) is 1.26. The molecule has 1 aromatic rings. The second-order valence-corrected chi connectivity index (χ2v) is 6.59. The lowest BCUT2D eigenvalue weighted by atomic mass is 10.1. The van der Waals surface area contributed by atoms with Gasteiger partial charge in [0.15, 0.2) is 5.96 Å². The molecule has 1 N–H and O–H groups in total. The number of hydrogen-bond donors (Lipinski definition) is 1. The highest BCUT2D eigenvalue weighted by Crippen LogP contribution is 2.15. The molecule has 25 heavy (non-hydrogen) atoms. The van der Waals surface area contributed by atoms with Gasteiger partial charge in [0.25, 0.3) is 0 Å². The fourth-order valence-electron chi connectivity index (χ4n) is 2.97. The Morgan fingerprint density at radius 3 is 3.00 bits per heavy atom. The highest BCUT2D eigenvalue weighted by molar-refractivity contribution is 5.79. The van der Waals surface area contributed by atoms with Crippen LogP contribution in [-0.2, 0) is 11.2 Å². The Morgan fingerprint density at radius 2 is 2.28 bits per heavy atom. The topological polar surface area (TPSA) is 46.1 Å². The van der Waals surface area contributed by atoms with E-state index in [1.54, 1.807) is 0 Å². The van der Waals surface area contributed by atoms with E-state index >= 15 is 0 Å². The molecular weight excluding hydrogens is 314 g/mol. The molecule has 5 heteroatoms. The number of nitrogens with zero attached hydrogens (tertiary/aromatic N) is 2. The van der Waals surface area contributed by atoms with Gasteiger partial charge in [-0.25, -0.2) is 0 Å². The summed E-state index contributed by atoms with van der Waals surface area (Å²) >= 11 is 0. The third kappa shape index (κ3) is 6.94. The van der Waals surface area contributed by atoms with E-state index in [4.69, 9.17) is 14.5 Å². The molecule has 5 nitrogen and oxygen atoms in total. The molecule has 1 aliphatic heterocycles. The van der Waals surface area contributed by atoms with Crippen LogP contribution in [0.1, 0.15) is 32.3 Å². The molecule has 0 radical (unpaired) electrons. The van der Waals surface area contributed by atoms with Gasteiger partial charge >= 0.3 is 0 Å². The zero-order chi connectivity index (χ0) is 17.9. The Morgan fingerprint density at radius 1 is 1.40 bits per heavy atom. The van der Waals surface area contributed by atoms with Crippen LogP contribution in [0.15, 0.2) is 29.3 Å². The molecule has 0 aliphatic carbocycles. The molecule has 2 rings (SSSR count). The van der Waals surface area contributed by atoms with Crippen LogP contribution in [0.5, 0.6) is 5.75 Å². The van der Waals surface area contributed by atoms with Crippen LogP contribution in [0.3, 0.4) is 0 Å². The van der Waals surface area contributed by atoms with Gasteiger partial charge in [0, 0.05) is 39.2 Å². The van der Waals surface area contributed by atoms with Crippen molar-refractivity contribution in [3.63, 3.8) is 0 Å². The van der Waals surface area contributed by atoms with Crippen LogP contribution in [0, 0.1) is 5.92 Å². The van der Waals surface area contributed by atoms with E-state index in [2.05, 4.69) is 49.3 Å². The lowest BCUT2D eigenvalue weighted by Gasteiger charge is -2.24. The average Bonchev–Trinajstić information content (AvgIpc) is 3.12. The monoisotopic (exact) mass is 347 g/mol. The van der Waals surface area contributed by atoms with Gasteiger partial charge in [0.05, 0.1) is 13.2 Å². The average molecular weight is 348 g/mol. The zero-order valence-corrected chi connectivity index (χ0v) is 16.0. The van der Waals surface area contributed by atoms with Crippen LogP contribution in [0.25, 0.3) is 0 Å². The molecule has 1 unspecified atom stereocenters. The molecule has 0 amide bonds. The van der Waals surface area contributed by atoms with Gasteiger partial charge in [-0.1, -0.05) is 19.1 Å². The quantitative estimate of drug-likeness (QED) is 0.551. The minimum absolute atomic E-state index is 0.612. The largest absolute Gasteiger partial charge is 0.494 e. The third-order valence-electron chi connectivity index (χ3n) is 4.29. The molecule has 1 fully saturated rings. The normalized spacial score (nSPS) is 17.6. The molecule has 0 bridgehead atoms. The lowest BCUT2D eigenvalue weighted by Crippen LogP contribution is -2.41. The minimum atomic E-state index is 0.612. The number of hydrogen-bond acceptors (Lipinski definition) is 3. The Bertz CT molecular complexity index is 527. The van der Waals surface area contributed by atoms with Crippen LogP contribution >= 0.6 is 0 Å². The maximum atomic E-state index is 5.71. The molecule has 1 aliphatic rings. The molecule has 0 aromatic heterocycles. The Kier molecular flexibility index (Phi) is 8.60. The van der Waals surface area contributed by atoms with Crippen molar-refractivity contribution in [2.75, 3.05) is 46.5 Å². The van der Waals surface area contributed by atoms with Gasteiger partial charge in [-0.2, -0.15) is 0 Å². The predicted octanol–water partition coefficient (Wildman–Crippen LogP) is 2.95. The fraction of sp³-hybridized carbons (Fsp3) is 0.650. The SMILES string of the molecule is CCCOc1cccc(CCN=C(NCC)N(C)CC2CCOC2)c1. The molecule has 1 atom stereocenters. The smallest absolute Gasteiger partial charge is 0.193 e. The van der Waals surface area contributed by atoms with Crippen LogP contribution in [-0.4, -0.2) is 57.4 Å². The van der Waals surface area contributed by atoms with Crippen molar-refractivity contribution in [1.82, 2.24) is 10.2 Å². The maximum absolute atomic E-state index is 5.71.